The zero-order valence-corrected chi connectivity index (χ0v) is 11.9. The Morgan fingerprint density at radius 3 is 2.35 bits per heavy atom. The molecule has 2 aromatic carbocycles. The van der Waals surface area contributed by atoms with Crippen LogP contribution in [0.25, 0.3) is 0 Å². The number of benzene rings is 2. The summed E-state index contributed by atoms with van der Waals surface area (Å²) in [5.41, 5.74) is 1.52. The fraction of sp³-hybridized carbons (Fsp3) is 0.250. The molecule has 0 bridgehead atoms. The van der Waals surface area contributed by atoms with Gasteiger partial charge in [0.05, 0.1) is 11.1 Å². The molecule has 0 aliphatic rings. The van der Waals surface area contributed by atoms with Gasteiger partial charge in [0.2, 0.25) is 0 Å². The second-order valence-corrected chi connectivity index (χ2v) is 5.01. The SMILES string of the molecule is C[C@H](O)c1ccc(OCC(O)c2ccccc2)c(Cl)c1. The molecule has 2 N–H and O–H groups in total. The van der Waals surface area contributed by atoms with Gasteiger partial charge in [-0.15, -0.1) is 0 Å². The molecule has 0 radical (unpaired) electrons. The summed E-state index contributed by atoms with van der Waals surface area (Å²) in [7, 11) is 0. The maximum Gasteiger partial charge on any atom is 0.138 e. The predicted octanol–water partition coefficient (Wildman–Crippen LogP) is 3.51. The molecular formula is C16H17ClO3. The first-order valence-electron chi connectivity index (χ1n) is 6.41. The van der Waals surface area contributed by atoms with Crippen molar-refractivity contribution in [1.82, 2.24) is 0 Å². The second-order valence-electron chi connectivity index (χ2n) is 4.60. The van der Waals surface area contributed by atoms with Crippen LogP contribution in [0.3, 0.4) is 0 Å². The maximum absolute atomic E-state index is 10.0. The van der Waals surface area contributed by atoms with Crippen LogP contribution in [0.5, 0.6) is 5.75 Å². The summed E-state index contributed by atoms with van der Waals surface area (Å²) in [5.74, 6) is 0.492. The molecule has 20 heavy (non-hydrogen) atoms. The largest absolute Gasteiger partial charge is 0.489 e. The summed E-state index contributed by atoms with van der Waals surface area (Å²) < 4.78 is 5.52. The molecule has 0 saturated carbocycles. The van der Waals surface area contributed by atoms with E-state index in [1.54, 1.807) is 25.1 Å². The zero-order valence-electron chi connectivity index (χ0n) is 11.2. The van der Waals surface area contributed by atoms with Crippen molar-refractivity contribution in [2.45, 2.75) is 19.1 Å². The van der Waals surface area contributed by atoms with Gasteiger partial charge in [0, 0.05) is 0 Å². The number of halogens is 1. The van der Waals surface area contributed by atoms with Gasteiger partial charge in [-0.3, -0.25) is 0 Å². The standard InChI is InChI=1S/C16H17ClO3/c1-11(18)13-7-8-16(14(17)9-13)20-10-15(19)12-5-3-2-4-6-12/h2-9,11,15,18-19H,10H2,1H3/t11-,15?/m0/s1. The van der Waals surface area contributed by atoms with Gasteiger partial charge in [-0.2, -0.15) is 0 Å². The lowest BCUT2D eigenvalue weighted by molar-refractivity contribution is 0.108. The van der Waals surface area contributed by atoms with Gasteiger partial charge in [-0.1, -0.05) is 48.0 Å². The first kappa shape index (κ1) is 14.9. The summed E-state index contributed by atoms with van der Waals surface area (Å²) in [4.78, 5) is 0. The molecule has 0 aromatic heterocycles. The molecule has 0 aliphatic carbocycles. The van der Waals surface area contributed by atoms with Crippen molar-refractivity contribution in [2.24, 2.45) is 0 Å². The Morgan fingerprint density at radius 2 is 1.75 bits per heavy atom. The Balaban J connectivity index is 2.01. The van der Waals surface area contributed by atoms with Crippen LogP contribution in [-0.4, -0.2) is 16.8 Å². The number of hydrogen-bond donors (Lipinski definition) is 2. The summed E-state index contributed by atoms with van der Waals surface area (Å²) in [5, 5.41) is 19.9. The minimum absolute atomic E-state index is 0.123. The maximum atomic E-state index is 10.0. The van der Waals surface area contributed by atoms with Crippen molar-refractivity contribution < 1.29 is 14.9 Å². The van der Waals surface area contributed by atoms with E-state index in [-0.39, 0.29) is 6.61 Å². The Hall–Kier alpha value is -1.55. The van der Waals surface area contributed by atoms with Crippen molar-refractivity contribution in [3.8, 4) is 5.75 Å². The molecule has 0 fully saturated rings. The molecular weight excluding hydrogens is 276 g/mol. The van der Waals surface area contributed by atoms with Gasteiger partial charge < -0.3 is 14.9 Å². The number of rotatable bonds is 5. The number of ether oxygens (including phenoxy) is 1. The lowest BCUT2D eigenvalue weighted by Crippen LogP contribution is -2.09. The van der Waals surface area contributed by atoms with E-state index < -0.39 is 12.2 Å². The van der Waals surface area contributed by atoms with E-state index in [0.29, 0.717) is 10.8 Å². The quantitative estimate of drug-likeness (QED) is 0.887. The Morgan fingerprint density at radius 1 is 1.05 bits per heavy atom. The number of aliphatic hydroxyl groups excluding tert-OH is 2. The highest BCUT2D eigenvalue weighted by atomic mass is 35.5. The third-order valence-electron chi connectivity index (χ3n) is 3.02. The summed E-state index contributed by atoms with van der Waals surface area (Å²) in [6, 6.07) is 14.4. The Bertz CT molecular complexity index is 555. The minimum Gasteiger partial charge on any atom is -0.489 e. The molecule has 0 amide bonds. The number of aliphatic hydroxyl groups is 2. The smallest absolute Gasteiger partial charge is 0.138 e. The molecule has 1 unspecified atom stereocenters. The molecule has 4 heteroatoms. The van der Waals surface area contributed by atoms with E-state index in [2.05, 4.69) is 0 Å². The van der Waals surface area contributed by atoms with Crippen molar-refractivity contribution in [3.05, 3.63) is 64.7 Å². The third kappa shape index (κ3) is 3.73. The molecule has 106 valence electrons. The molecule has 2 aromatic rings. The summed E-state index contributed by atoms with van der Waals surface area (Å²) in [6.07, 6.45) is -1.28. The highest BCUT2D eigenvalue weighted by molar-refractivity contribution is 6.32. The van der Waals surface area contributed by atoms with Crippen molar-refractivity contribution >= 4 is 11.6 Å². The summed E-state index contributed by atoms with van der Waals surface area (Å²) in [6.45, 7) is 1.79. The molecule has 2 atom stereocenters. The van der Waals surface area contributed by atoms with E-state index in [0.717, 1.165) is 11.1 Å². The first-order valence-corrected chi connectivity index (χ1v) is 6.79. The normalized spacial score (nSPS) is 13.8. The lowest BCUT2D eigenvalue weighted by Gasteiger charge is -2.14. The van der Waals surface area contributed by atoms with Crippen LogP contribution in [0.1, 0.15) is 30.3 Å². The van der Waals surface area contributed by atoms with Crippen LogP contribution in [0, 0.1) is 0 Å². The van der Waals surface area contributed by atoms with E-state index >= 15 is 0 Å². The highest BCUT2D eigenvalue weighted by Crippen LogP contribution is 2.28. The van der Waals surface area contributed by atoms with Crippen LogP contribution in [0.2, 0.25) is 5.02 Å². The predicted molar refractivity (Wildman–Crippen MR) is 79.0 cm³/mol. The van der Waals surface area contributed by atoms with Gasteiger partial charge in [0.25, 0.3) is 0 Å². The average molecular weight is 293 g/mol. The van der Waals surface area contributed by atoms with Crippen molar-refractivity contribution in [2.75, 3.05) is 6.61 Å². The Kier molecular flexibility index (Phi) is 5.01. The van der Waals surface area contributed by atoms with Crippen LogP contribution >= 0.6 is 11.6 Å². The van der Waals surface area contributed by atoms with Crippen LogP contribution < -0.4 is 4.74 Å². The molecule has 0 heterocycles. The first-order chi connectivity index (χ1) is 9.58. The van der Waals surface area contributed by atoms with Gasteiger partial charge in [0.15, 0.2) is 0 Å². The van der Waals surface area contributed by atoms with Crippen LogP contribution in [-0.2, 0) is 0 Å². The van der Waals surface area contributed by atoms with Crippen LogP contribution in [0.4, 0.5) is 0 Å². The molecule has 0 spiro atoms. The minimum atomic E-state index is -0.705. The molecule has 0 aliphatic heterocycles. The molecule has 3 nitrogen and oxygen atoms in total. The van der Waals surface area contributed by atoms with E-state index in [1.165, 1.54) is 0 Å². The van der Waals surface area contributed by atoms with E-state index in [4.69, 9.17) is 16.3 Å². The molecule has 2 rings (SSSR count). The van der Waals surface area contributed by atoms with Crippen LogP contribution in [0.15, 0.2) is 48.5 Å². The van der Waals surface area contributed by atoms with Gasteiger partial charge in [0.1, 0.15) is 18.5 Å². The zero-order chi connectivity index (χ0) is 14.5. The average Bonchev–Trinajstić information content (AvgIpc) is 2.46. The fourth-order valence-electron chi connectivity index (χ4n) is 1.83. The second kappa shape index (κ2) is 6.75. The van der Waals surface area contributed by atoms with Crippen molar-refractivity contribution in [1.29, 1.82) is 0 Å². The summed E-state index contributed by atoms with van der Waals surface area (Å²) >= 11 is 6.09. The number of hydrogen-bond acceptors (Lipinski definition) is 3. The molecule has 0 saturated heterocycles. The lowest BCUT2D eigenvalue weighted by atomic mass is 10.1. The Labute approximate surface area is 123 Å². The fourth-order valence-corrected chi connectivity index (χ4v) is 2.08. The van der Waals surface area contributed by atoms with Gasteiger partial charge in [-0.05, 0) is 30.2 Å². The highest BCUT2D eigenvalue weighted by Gasteiger charge is 2.10. The van der Waals surface area contributed by atoms with E-state index in [1.807, 2.05) is 30.3 Å². The third-order valence-corrected chi connectivity index (χ3v) is 3.31. The van der Waals surface area contributed by atoms with Crippen molar-refractivity contribution in [3.63, 3.8) is 0 Å². The topological polar surface area (TPSA) is 49.7 Å². The van der Waals surface area contributed by atoms with E-state index in [9.17, 15) is 10.2 Å². The monoisotopic (exact) mass is 292 g/mol. The van der Waals surface area contributed by atoms with Gasteiger partial charge in [-0.25, -0.2) is 0 Å². The van der Waals surface area contributed by atoms with Gasteiger partial charge >= 0.3 is 0 Å².